The number of nitrogens with one attached hydrogen (secondary N) is 1. The first-order valence-corrected chi connectivity index (χ1v) is 6.75. The van der Waals surface area contributed by atoms with Crippen LogP contribution in [0.25, 0.3) is 0 Å². The lowest BCUT2D eigenvalue weighted by molar-refractivity contribution is -0.142. The number of carboxylic acid groups (broad SMARTS) is 1. The third-order valence-electron chi connectivity index (χ3n) is 2.51. The molecule has 1 heterocycles. The maximum atomic E-state index is 11.9. The Kier molecular flexibility index (Phi) is 6.13. The van der Waals surface area contributed by atoms with E-state index >= 15 is 0 Å². The number of carbonyl (C=O) groups excluding carboxylic acids is 2. The minimum absolute atomic E-state index is 0.0797. The summed E-state index contributed by atoms with van der Waals surface area (Å²) in [6, 6.07) is 2.22. The topological polar surface area (TPSA) is 107 Å². The van der Waals surface area contributed by atoms with E-state index in [1.54, 1.807) is 17.5 Å². The predicted molar refractivity (Wildman–Crippen MR) is 72.5 cm³/mol. The maximum Gasteiger partial charge on any atom is 0.326 e. The van der Waals surface area contributed by atoms with Crippen LogP contribution < -0.4 is 5.32 Å². The molecule has 20 heavy (non-hydrogen) atoms. The van der Waals surface area contributed by atoms with Gasteiger partial charge in [0.05, 0.1) is 11.4 Å². The molecule has 0 aliphatic heterocycles. The molecule has 110 valence electrons. The molecule has 0 spiro atoms. The van der Waals surface area contributed by atoms with Gasteiger partial charge in [-0.3, -0.25) is 9.59 Å². The number of aliphatic hydroxyl groups is 1. The van der Waals surface area contributed by atoms with Crippen LogP contribution in [0.1, 0.15) is 16.1 Å². The molecule has 8 heteroatoms. The van der Waals surface area contributed by atoms with Gasteiger partial charge in [-0.2, -0.15) is 0 Å². The van der Waals surface area contributed by atoms with Crippen molar-refractivity contribution in [3.63, 3.8) is 0 Å². The molecule has 1 atom stereocenters. The van der Waals surface area contributed by atoms with E-state index in [4.69, 9.17) is 10.2 Å². The molecular weight excluding hydrogens is 284 g/mol. The van der Waals surface area contributed by atoms with Crippen LogP contribution in [0.15, 0.2) is 17.5 Å². The standard InChI is InChI=1S/C12H16N2O5S/c1-14(11(17)9-3-2-6-20-9)7-10(16)13-8(4-5-15)12(18)19/h2-3,6,8,15H,4-5,7H2,1H3,(H,13,16)(H,18,19)/t8-/m0/s1. The van der Waals surface area contributed by atoms with Crippen molar-refractivity contribution >= 4 is 29.1 Å². The van der Waals surface area contributed by atoms with Gasteiger partial charge in [-0.25, -0.2) is 4.79 Å². The van der Waals surface area contributed by atoms with Crippen LogP contribution in [0, 0.1) is 0 Å². The smallest absolute Gasteiger partial charge is 0.326 e. The van der Waals surface area contributed by atoms with Crippen molar-refractivity contribution in [3.05, 3.63) is 22.4 Å². The second-order valence-corrected chi connectivity index (χ2v) is 5.06. The van der Waals surface area contributed by atoms with Crippen LogP contribution in [0.3, 0.4) is 0 Å². The molecule has 0 bridgehead atoms. The lowest BCUT2D eigenvalue weighted by Crippen LogP contribution is -2.46. The summed E-state index contributed by atoms with van der Waals surface area (Å²) in [5, 5.41) is 21.6. The fourth-order valence-electron chi connectivity index (χ4n) is 1.50. The maximum absolute atomic E-state index is 11.9. The first-order chi connectivity index (χ1) is 9.45. The Morgan fingerprint density at radius 3 is 2.65 bits per heavy atom. The number of likely N-dealkylation sites (N-methyl/N-ethyl adjacent to an activating group) is 1. The molecule has 1 aromatic heterocycles. The van der Waals surface area contributed by atoms with Crippen molar-refractivity contribution in [2.45, 2.75) is 12.5 Å². The van der Waals surface area contributed by atoms with Crippen LogP contribution in [-0.4, -0.2) is 59.1 Å². The van der Waals surface area contributed by atoms with Gasteiger partial charge < -0.3 is 20.4 Å². The quantitative estimate of drug-likeness (QED) is 0.645. The van der Waals surface area contributed by atoms with E-state index in [1.807, 2.05) is 0 Å². The van der Waals surface area contributed by atoms with Gasteiger partial charge in [0, 0.05) is 20.1 Å². The first-order valence-electron chi connectivity index (χ1n) is 5.87. The Balaban J connectivity index is 2.53. The summed E-state index contributed by atoms with van der Waals surface area (Å²) in [4.78, 5) is 36.1. The number of aliphatic hydroxyl groups excluding tert-OH is 1. The molecule has 1 aromatic rings. The van der Waals surface area contributed by atoms with Gasteiger partial charge in [0.1, 0.15) is 6.04 Å². The Bertz CT molecular complexity index is 474. The van der Waals surface area contributed by atoms with Crippen molar-refractivity contribution in [2.75, 3.05) is 20.2 Å². The SMILES string of the molecule is CN(CC(=O)N[C@@H](CCO)C(=O)O)C(=O)c1cccs1. The summed E-state index contributed by atoms with van der Waals surface area (Å²) in [5.74, 6) is -2.11. The third kappa shape index (κ3) is 4.63. The molecule has 7 nitrogen and oxygen atoms in total. The monoisotopic (exact) mass is 300 g/mol. The summed E-state index contributed by atoms with van der Waals surface area (Å²) in [7, 11) is 1.46. The highest BCUT2D eigenvalue weighted by Crippen LogP contribution is 2.10. The number of carboxylic acids is 1. The molecule has 3 N–H and O–H groups in total. The third-order valence-corrected chi connectivity index (χ3v) is 3.37. The van der Waals surface area contributed by atoms with E-state index in [0.29, 0.717) is 4.88 Å². The number of amides is 2. The van der Waals surface area contributed by atoms with E-state index < -0.39 is 17.9 Å². The normalized spacial score (nSPS) is 11.7. The minimum Gasteiger partial charge on any atom is -0.480 e. The highest BCUT2D eigenvalue weighted by atomic mass is 32.1. The summed E-state index contributed by atoms with van der Waals surface area (Å²) < 4.78 is 0. The van der Waals surface area contributed by atoms with Crippen molar-refractivity contribution in [2.24, 2.45) is 0 Å². The summed E-state index contributed by atoms with van der Waals surface area (Å²) in [6.45, 7) is -0.590. The lowest BCUT2D eigenvalue weighted by atomic mass is 10.2. The summed E-state index contributed by atoms with van der Waals surface area (Å²) in [6.07, 6.45) is -0.0797. The van der Waals surface area contributed by atoms with Crippen LogP contribution in [0.2, 0.25) is 0 Å². The molecule has 0 fully saturated rings. The molecular formula is C12H16N2O5S. The number of carbonyl (C=O) groups is 3. The Hall–Kier alpha value is -1.93. The highest BCUT2D eigenvalue weighted by Gasteiger charge is 2.21. The van der Waals surface area contributed by atoms with Gasteiger partial charge in [-0.05, 0) is 11.4 Å². The van der Waals surface area contributed by atoms with Gasteiger partial charge in [0.25, 0.3) is 5.91 Å². The number of aliphatic carboxylic acids is 1. The second-order valence-electron chi connectivity index (χ2n) is 4.11. The molecule has 1 rings (SSSR count). The average Bonchev–Trinajstić information content (AvgIpc) is 2.90. The fourth-order valence-corrected chi connectivity index (χ4v) is 2.22. The lowest BCUT2D eigenvalue weighted by Gasteiger charge is -2.18. The number of nitrogens with zero attached hydrogens (tertiary/aromatic N) is 1. The van der Waals surface area contributed by atoms with Crippen molar-refractivity contribution < 1.29 is 24.6 Å². The molecule has 0 unspecified atom stereocenters. The van der Waals surface area contributed by atoms with Gasteiger partial charge in [-0.1, -0.05) is 6.07 Å². The minimum atomic E-state index is -1.22. The first kappa shape index (κ1) is 16.1. The highest BCUT2D eigenvalue weighted by molar-refractivity contribution is 7.12. The van der Waals surface area contributed by atoms with Gasteiger partial charge in [0.2, 0.25) is 5.91 Å². The van der Waals surface area contributed by atoms with Gasteiger partial charge >= 0.3 is 5.97 Å². The van der Waals surface area contributed by atoms with Gasteiger partial charge in [0.15, 0.2) is 0 Å². The Labute approximate surface area is 119 Å². The van der Waals surface area contributed by atoms with Crippen molar-refractivity contribution in [1.29, 1.82) is 0 Å². The Morgan fingerprint density at radius 2 is 2.15 bits per heavy atom. The van der Waals surface area contributed by atoms with E-state index in [-0.39, 0.29) is 25.5 Å². The molecule has 0 aliphatic carbocycles. The van der Waals surface area contributed by atoms with Crippen LogP contribution in [0.5, 0.6) is 0 Å². The predicted octanol–water partition coefficient (Wildman–Crippen LogP) is -0.228. The van der Waals surface area contributed by atoms with Gasteiger partial charge in [-0.15, -0.1) is 11.3 Å². The van der Waals surface area contributed by atoms with Crippen molar-refractivity contribution in [1.82, 2.24) is 10.2 Å². The zero-order chi connectivity index (χ0) is 15.1. The van der Waals surface area contributed by atoms with E-state index in [0.717, 1.165) is 0 Å². The molecule has 0 aliphatic rings. The largest absolute Gasteiger partial charge is 0.480 e. The number of thiophene rings is 1. The number of hydrogen-bond acceptors (Lipinski definition) is 5. The average molecular weight is 300 g/mol. The Morgan fingerprint density at radius 1 is 1.45 bits per heavy atom. The molecule has 2 amide bonds. The molecule has 0 saturated carbocycles. The zero-order valence-electron chi connectivity index (χ0n) is 10.9. The zero-order valence-corrected chi connectivity index (χ0v) is 11.7. The van der Waals surface area contributed by atoms with E-state index in [2.05, 4.69) is 5.32 Å². The second kappa shape index (κ2) is 7.61. The van der Waals surface area contributed by atoms with Crippen LogP contribution >= 0.6 is 11.3 Å². The van der Waals surface area contributed by atoms with Crippen LogP contribution in [0.4, 0.5) is 0 Å². The van der Waals surface area contributed by atoms with E-state index in [9.17, 15) is 14.4 Å². The summed E-state index contributed by atoms with van der Waals surface area (Å²) in [5.41, 5.74) is 0. The summed E-state index contributed by atoms with van der Waals surface area (Å²) >= 11 is 1.26. The fraction of sp³-hybridized carbons (Fsp3) is 0.417. The molecule has 0 radical (unpaired) electrons. The molecule has 0 saturated heterocycles. The molecule has 0 aromatic carbocycles. The number of hydrogen-bond donors (Lipinski definition) is 3. The number of rotatable bonds is 7. The van der Waals surface area contributed by atoms with Crippen molar-refractivity contribution in [3.8, 4) is 0 Å². The van der Waals surface area contributed by atoms with Crippen LogP contribution in [-0.2, 0) is 9.59 Å². The van der Waals surface area contributed by atoms with E-state index in [1.165, 1.54) is 23.3 Å².